The molecular formula is C17H22OS. The van der Waals surface area contributed by atoms with Gasteiger partial charge < -0.3 is 0 Å². The first-order chi connectivity index (χ1) is 9.31. The molecule has 102 valence electrons. The van der Waals surface area contributed by atoms with Crippen molar-refractivity contribution < 1.29 is 4.79 Å². The summed E-state index contributed by atoms with van der Waals surface area (Å²) in [6, 6.07) is 8.07. The number of benzene rings is 1. The molecule has 0 amide bonds. The Morgan fingerprint density at radius 2 is 1.84 bits per heavy atom. The highest BCUT2D eigenvalue weighted by Crippen LogP contribution is 2.23. The molecule has 0 atom stereocenters. The summed E-state index contributed by atoms with van der Waals surface area (Å²) >= 11 is 1.81. The van der Waals surface area contributed by atoms with Crippen LogP contribution in [0.25, 0.3) is 0 Å². The summed E-state index contributed by atoms with van der Waals surface area (Å²) in [5.41, 5.74) is 1.86. The van der Waals surface area contributed by atoms with Crippen LogP contribution in [0.4, 0.5) is 0 Å². The molecule has 0 aliphatic heterocycles. The van der Waals surface area contributed by atoms with Gasteiger partial charge in [0.15, 0.2) is 5.78 Å². The van der Waals surface area contributed by atoms with Crippen molar-refractivity contribution in [3.8, 4) is 0 Å². The summed E-state index contributed by atoms with van der Waals surface area (Å²) in [5.74, 6) is 1.30. The van der Waals surface area contributed by atoms with Gasteiger partial charge in [-0.2, -0.15) is 0 Å². The summed E-state index contributed by atoms with van der Waals surface area (Å²) in [7, 11) is 0. The Bertz CT molecular complexity index is 445. The van der Waals surface area contributed by atoms with Gasteiger partial charge in [-0.15, -0.1) is 11.8 Å². The van der Waals surface area contributed by atoms with Gasteiger partial charge in [-0.25, -0.2) is 0 Å². The van der Waals surface area contributed by atoms with Crippen LogP contribution in [0.3, 0.4) is 0 Å². The summed E-state index contributed by atoms with van der Waals surface area (Å²) in [6.07, 6.45) is 9.12. The number of hydrogen-bond donors (Lipinski definition) is 0. The maximum absolute atomic E-state index is 12.5. The van der Waals surface area contributed by atoms with Gasteiger partial charge in [0, 0.05) is 10.5 Å². The standard InChI is InChI=1S/C17H22OS/c1-2-19-16-12-10-15(11-13-16)17(18)14-8-6-4-3-5-7-9-14/h8,10-13H,2-7,9H2,1H3/b14-8+. The van der Waals surface area contributed by atoms with E-state index in [0.717, 1.165) is 36.2 Å². The largest absolute Gasteiger partial charge is 0.289 e. The molecule has 19 heavy (non-hydrogen) atoms. The molecule has 2 heteroatoms. The van der Waals surface area contributed by atoms with Crippen LogP contribution in [-0.2, 0) is 0 Å². The van der Waals surface area contributed by atoms with E-state index in [1.165, 1.54) is 24.2 Å². The fourth-order valence-corrected chi connectivity index (χ4v) is 3.11. The highest BCUT2D eigenvalue weighted by atomic mass is 32.2. The van der Waals surface area contributed by atoms with Crippen molar-refractivity contribution in [3.05, 3.63) is 41.5 Å². The number of carbonyl (C=O) groups excluding carboxylic acids is 1. The monoisotopic (exact) mass is 274 g/mol. The Hall–Kier alpha value is -1.02. The molecule has 1 aromatic carbocycles. The van der Waals surface area contributed by atoms with E-state index in [4.69, 9.17) is 0 Å². The molecule has 1 aliphatic rings. The normalized spacial score (nSPS) is 19.1. The Labute approximate surface area is 120 Å². The van der Waals surface area contributed by atoms with Crippen LogP contribution in [0.2, 0.25) is 0 Å². The van der Waals surface area contributed by atoms with E-state index in [1.54, 1.807) is 0 Å². The molecule has 0 saturated heterocycles. The Kier molecular flexibility index (Phi) is 5.71. The van der Waals surface area contributed by atoms with E-state index in [0.29, 0.717) is 0 Å². The molecule has 1 aromatic rings. The van der Waals surface area contributed by atoms with Crippen molar-refractivity contribution in [1.82, 2.24) is 0 Å². The molecule has 0 saturated carbocycles. The number of rotatable bonds is 4. The second-order valence-corrected chi connectivity index (χ2v) is 6.31. The van der Waals surface area contributed by atoms with E-state index in [9.17, 15) is 4.79 Å². The van der Waals surface area contributed by atoms with Crippen molar-refractivity contribution in [1.29, 1.82) is 0 Å². The van der Waals surface area contributed by atoms with Gasteiger partial charge in [0.05, 0.1) is 0 Å². The Morgan fingerprint density at radius 1 is 1.11 bits per heavy atom. The molecule has 2 rings (SSSR count). The first-order valence-electron chi connectivity index (χ1n) is 7.28. The summed E-state index contributed by atoms with van der Waals surface area (Å²) < 4.78 is 0. The van der Waals surface area contributed by atoms with Crippen LogP contribution < -0.4 is 0 Å². The van der Waals surface area contributed by atoms with Crippen molar-refractivity contribution in [2.75, 3.05) is 5.75 Å². The quantitative estimate of drug-likeness (QED) is 0.550. The minimum atomic E-state index is 0.231. The number of allylic oxidation sites excluding steroid dienone is 2. The molecule has 0 aromatic heterocycles. The van der Waals surface area contributed by atoms with Crippen LogP contribution in [0.5, 0.6) is 0 Å². The Morgan fingerprint density at radius 3 is 2.58 bits per heavy atom. The van der Waals surface area contributed by atoms with E-state index >= 15 is 0 Å². The van der Waals surface area contributed by atoms with Crippen LogP contribution in [0.15, 0.2) is 40.8 Å². The second kappa shape index (κ2) is 7.54. The molecule has 0 unspecified atom stereocenters. The number of ketones is 1. The molecule has 0 heterocycles. The van der Waals surface area contributed by atoms with E-state index < -0.39 is 0 Å². The average molecular weight is 274 g/mol. The number of thioether (sulfide) groups is 1. The molecule has 0 N–H and O–H groups in total. The molecular weight excluding hydrogens is 252 g/mol. The van der Waals surface area contributed by atoms with Crippen molar-refractivity contribution in [2.45, 2.75) is 50.3 Å². The third-order valence-corrected chi connectivity index (χ3v) is 4.40. The lowest BCUT2D eigenvalue weighted by atomic mass is 9.94. The predicted molar refractivity (Wildman–Crippen MR) is 83.0 cm³/mol. The topological polar surface area (TPSA) is 17.1 Å². The zero-order chi connectivity index (χ0) is 13.5. The van der Waals surface area contributed by atoms with Crippen LogP contribution in [0, 0.1) is 0 Å². The smallest absolute Gasteiger partial charge is 0.188 e. The predicted octanol–water partition coefficient (Wildman–Crippen LogP) is 5.26. The van der Waals surface area contributed by atoms with Crippen molar-refractivity contribution in [2.24, 2.45) is 0 Å². The number of hydrogen-bond acceptors (Lipinski definition) is 2. The third-order valence-electron chi connectivity index (χ3n) is 3.51. The first-order valence-corrected chi connectivity index (χ1v) is 8.26. The second-order valence-electron chi connectivity index (χ2n) is 4.97. The number of carbonyl (C=O) groups is 1. The van der Waals surface area contributed by atoms with E-state index in [1.807, 2.05) is 23.9 Å². The van der Waals surface area contributed by atoms with E-state index in [2.05, 4.69) is 25.1 Å². The minimum Gasteiger partial charge on any atom is -0.289 e. The summed E-state index contributed by atoms with van der Waals surface area (Å²) in [6.45, 7) is 2.14. The van der Waals surface area contributed by atoms with Gasteiger partial charge >= 0.3 is 0 Å². The fourth-order valence-electron chi connectivity index (χ4n) is 2.45. The zero-order valence-electron chi connectivity index (χ0n) is 11.7. The minimum absolute atomic E-state index is 0.231. The van der Waals surface area contributed by atoms with Crippen LogP contribution in [0.1, 0.15) is 55.8 Å². The first kappa shape index (κ1) is 14.4. The fraction of sp³-hybridized carbons (Fsp3) is 0.471. The lowest BCUT2D eigenvalue weighted by Gasteiger charge is -2.10. The summed E-state index contributed by atoms with van der Waals surface area (Å²) in [4.78, 5) is 13.7. The van der Waals surface area contributed by atoms with Gasteiger partial charge in [-0.3, -0.25) is 4.79 Å². The lowest BCUT2D eigenvalue weighted by molar-refractivity contribution is 0.102. The molecule has 1 aliphatic carbocycles. The highest BCUT2D eigenvalue weighted by Gasteiger charge is 2.13. The third kappa shape index (κ3) is 4.24. The van der Waals surface area contributed by atoms with Gasteiger partial charge in [0.2, 0.25) is 0 Å². The molecule has 0 radical (unpaired) electrons. The van der Waals surface area contributed by atoms with Crippen molar-refractivity contribution >= 4 is 17.5 Å². The SMILES string of the molecule is CCSc1ccc(C(=O)/C2=C/CCCCCC2)cc1. The van der Waals surface area contributed by atoms with Gasteiger partial charge in [-0.1, -0.05) is 25.8 Å². The maximum Gasteiger partial charge on any atom is 0.188 e. The maximum atomic E-state index is 12.5. The van der Waals surface area contributed by atoms with Crippen LogP contribution >= 0.6 is 11.8 Å². The summed E-state index contributed by atoms with van der Waals surface area (Å²) in [5, 5.41) is 0. The molecule has 1 nitrogen and oxygen atoms in total. The zero-order valence-corrected chi connectivity index (χ0v) is 12.5. The average Bonchev–Trinajstić information content (AvgIpc) is 2.39. The Balaban J connectivity index is 2.09. The van der Waals surface area contributed by atoms with E-state index in [-0.39, 0.29) is 5.78 Å². The molecule has 0 spiro atoms. The molecule has 0 bridgehead atoms. The highest BCUT2D eigenvalue weighted by molar-refractivity contribution is 7.99. The number of Topliss-reactive ketones (excluding diaryl/α,β-unsaturated/α-hetero) is 1. The van der Waals surface area contributed by atoms with Crippen LogP contribution in [-0.4, -0.2) is 11.5 Å². The van der Waals surface area contributed by atoms with Gasteiger partial charge in [0.25, 0.3) is 0 Å². The lowest BCUT2D eigenvalue weighted by Crippen LogP contribution is -2.05. The molecule has 0 fully saturated rings. The van der Waals surface area contributed by atoms with Gasteiger partial charge in [-0.05, 0) is 61.3 Å². The van der Waals surface area contributed by atoms with Crippen molar-refractivity contribution in [3.63, 3.8) is 0 Å². The van der Waals surface area contributed by atoms with Gasteiger partial charge in [0.1, 0.15) is 0 Å².